The molecular formula is C23H22N2O7. The van der Waals surface area contributed by atoms with Crippen molar-refractivity contribution in [1.29, 1.82) is 0 Å². The van der Waals surface area contributed by atoms with Crippen molar-refractivity contribution in [3.63, 3.8) is 0 Å². The van der Waals surface area contributed by atoms with Crippen molar-refractivity contribution >= 4 is 28.6 Å². The first kappa shape index (κ1) is 22.5. The van der Waals surface area contributed by atoms with Gasteiger partial charge in [0.05, 0.1) is 19.6 Å². The number of methoxy groups -OCH3 is 2. The monoisotopic (exact) mass is 438 g/mol. The molecule has 1 aromatic heterocycles. The summed E-state index contributed by atoms with van der Waals surface area (Å²) >= 11 is 0. The molecule has 0 aliphatic carbocycles. The summed E-state index contributed by atoms with van der Waals surface area (Å²) in [7, 11) is 2.86. The van der Waals surface area contributed by atoms with Gasteiger partial charge in [-0.3, -0.25) is 19.2 Å². The lowest BCUT2D eigenvalue weighted by Gasteiger charge is -2.17. The summed E-state index contributed by atoms with van der Waals surface area (Å²) in [6.07, 6.45) is 0.0379. The highest BCUT2D eigenvalue weighted by atomic mass is 16.5. The molecule has 2 amide bonds. The fourth-order valence-corrected chi connectivity index (χ4v) is 3.29. The first-order valence-corrected chi connectivity index (χ1v) is 9.64. The Bertz CT molecular complexity index is 1250. The normalized spacial score (nSPS) is 11.6. The first-order valence-electron chi connectivity index (χ1n) is 9.64. The SMILES string of the molecule is COc1cc2oc(C(=O)N[C@@H](Cc3ccccc3)C(=O)C(N)=O)c(C)c(=O)c2cc1OC. The van der Waals surface area contributed by atoms with E-state index in [1.54, 1.807) is 30.3 Å². The zero-order valence-corrected chi connectivity index (χ0v) is 17.8. The number of hydrogen-bond donors (Lipinski definition) is 2. The number of hydrogen-bond acceptors (Lipinski definition) is 7. The van der Waals surface area contributed by atoms with Gasteiger partial charge in [0.25, 0.3) is 11.8 Å². The zero-order chi connectivity index (χ0) is 23.4. The van der Waals surface area contributed by atoms with Crippen LogP contribution in [0.5, 0.6) is 11.5 Å². The summed E-state index contributed by atoms with van der Waals surface area (Å²) in [6.45, 7) is 1.43. The summed E-state index contributed by atoms with van der Waals surface area (Å²) in [5.41, 5.74) is 5.55. The van der Waals surface area contributed by atoms with Gasteiger partial charge in [0.2, 0.25) is 5.78 Å². The van der Waals surface area contributed by atoms with E-state index in [1.807, 2.05) is 0 Å². The molecule has 9 nitrogen and oxygen atoms in total. The van der Waals surface area contributed by atoms with Crippen LogP contribution in [0.3, 0.4) is 0 Å². The van der Waals surface area contributed by atoms with E-state index in [9.17, 15) is 19.2 Å². The molecule has 0 unspecified atom stereocenters. The van der Waals surface area contributed by atoms with E-state index in [0.29, 0.717) is 17.1 Å². The molecule has 1 heterocycles. The number of Topliss-reactive ketones (excluding diaryl/α,β-unsaturated/α-hetero) is 1. The second-order valence-electron chi connectivity index (χ2n) is 7.03. The van der Waals surface area contributed by atoms with Crippen molar-refractivity contribution in [1.82, 2.24) is 5.32 Å². The molecule has 2 aromatic carbocycles. The number of rotatable bonds is 8. The van der Waals surface area contributed by atoms with E-state index < -0.39 is 29.1 Å². The van der Waals surface area contributed by atoms with Crippen LogP contribution >= 0.6 is 0 Å². The molecule has 0 saturated heterocycles. The highest BCUT2D eigenvalue weighted by Crippen LogP contribution is 2.31. The summed E-state index contributed by atoms with van der Waals surface area (Å²) in [6, 6.07) is 10.5. The minimum Gasteiger partial charge on any atom is -0.493 e. The number of carbonyl (C=O) groups is 3. The maximum absolute atomic E-state index is 13.0. The van der Waals surface area contributed by atoms with Gasteiger partial charge in [0.1, 0.15) is 11.6 Å². The van der Waals surface area contributed by atoms with Gasteiger partial charge in [-0.05, 0) is 18.6 Å². The van der Waals surface area contributed by atoms with Crippen LogP contribution in [0.4, 0.5) is 0 Å². The molecular weight excluding hydrogens is 416 g/mol. The quantitative estimate of drug-likeness (QED) is 0.509. The van der Waals surface area contributed by atoms with Gasteiger partial charge in [-0.25, -0.2) is 0 Å². The highest BCUT2D eigenvalue weighted by Gasteiger charge is 2.28. The van der Waals surface area contributed by atoms with Crippen LogP contribution in [0.15, 0.2) is 51.7 Å². The molecule has 9 heteroatoms. The van der Waals surface area contributed by atoms with E-state index in [2.05, 4.69) is 5.32 Å². The van der Waals surface area contributed by atoms with Crippen LogP contribution in [0.2, 0.25) is 0 Å². The van der Waals surface area contributed by atoms with E-state index in [0.717, 1.165) is 0 Å². The maximum Gasteiger partial charge on any atom is 0.288 e. The average molecular weight is 438 g/mol. The molecule has 0 aliphatic rings. The molecule has 166 valence electrons. The van der Waals surface area contributed by atoms with Crippen molar-refractivity contribution < 1.29 is 28.3 Å². The number of ketones is 1. The molecule has 3 N–H and O–H groups in total. The van der Waals surface area contributed by atoms with Gasteiger partial charge < -0.3 is 24.9 Å². The van der Waals surface area contributed by atoms with Crippen molar-refractivity contribution in [2.24, 2.45) is 5.73 Å². The van der Waals surface area contributed by atoms with Crippen molar-refractivity contribution in [3.8, 4) is 11.5 Å². The second-order valence-corrected chi connectivity index (χ2v) is 7.03. The van der Waals surface area contributed by atoms with Crippen LogP contribution < -0.4 is 26.0 Å². The molecule has 0 aliphatic heterocycles. The summed E-state index contributed by atoms with van der Waals surface area (Å²) < 4.78 is 16.1. The van der Waals surface area contributed by atoms with Crippen LogP contribution in [0.25, 0.3) is 11.0 Å². The van der Waals surface area contributed by atoms with E-state index in [-0.39, 0.29) is 28.7 Å². The number of ether oxygens (including phenoxy) is 2. The minimum absolute atomic E-state index is 0.0344. The van der Waals surface area contributed by atoms with Crippen LogP contribution in [0.1, 0.15) is 21.7 Å². The molecule has 3 aromatic rings. The minimum atomic E-state index is -1.23. The Morgan fingerprint density at radius 1 is 1.06 bits per heavy atom. The number of nitrogens with two attached hydrogens (primary N) is 1. The molecule has 0 fully saturated rings. The molecule has 0 radical (unpaired) electrons. The maximum atomic E-state index is 13.0. The number of nitrogens with one attached hydrogen (secondary N) is 1. The Morgan fingerprint density at radius 2 is 1.69 bits per heavy atom. The van der Waals surface area contributed by atoms with Gasteiger partial charge in [-0.1, -0.05) is 30.3 Å². The largest absolute Gasteiger partial charge is 0.493 e. The van der Waals surface area contributed by atoms with Gasteiger partial charge in [-0.15, -0.1) is 0 Å². The molecule has 3 rings (SSSR count). The Kier molecular flexibility index (Phi) is 6.58. The van der Waals surface area contributed by atoms with Crippen molar-refractivity contribution in [2.75, 3.05) is 14.2 Å². The third kappa shape index (κ3) is 4.46. The van der Waals surface area contributed by atoms with Crippen LogP contribution in [-0.4, -0.2) is 37.9 Å². The summed E-state index contributed by atoms with van der Waals surface area (Å²) in [4.78, 5) is 49.6. The lowest BCUT2D eigenvalue weighted by atomic mass is 10.0. The third-order valence-electron chi connectivity index (χ3n) is 4.98. The number of carbonyl (C=O) groups excluding carboxylic acids is 3. The Labute approximate surface area is 183 Å². The van der Waals surface area contributed by atoms with Crippen molar-refractivity contribution in [3.05, 3.63) is 69.6 Å². The van der Waals surface area contributed by atoms with Crippen LogP contribution in [0, 0.1) is 6.92 Å². The lowest BCUT2D eigenvalue weighted by molar-refractivity contribution is -0.137. The topological polar surface area (TPSA) is 138 Å². The predicted molar refractivity (Wildman–Crippen MR) is 116 cm³/mol. The lowest BCUT2D eigenvalue weighted by Crippen LogP contribution is -2.47. The highest BCUT2D eigenvalue weighted by molar-refractivity contribution is 6.38. The number of benzene rings is 2. The third-order valence-corrected chi connectivity index (χ3v) is 4.98. The fraction of sp³-hybridized carbons (Fsp3) is 0.217. The average Bonchev–Trinajstić information content (AvgIpc) is 2.80. The van der Waals surface area contributed by atoms with Gasteiger partial charge in [0.15, 0.2) is 22.7 Å². The smallest absolute Gasteiger partial charge is 0.288 e. The van der Waals surface area contributed by atoms with Gasteiger partial charge >= 0.3 is 0 Å². The second kappa shape index (κ2) is 9.34. The fourth-order valence-electron chi connectivity index (χ4n) is 3.29. The number of primary amides is 1. The number of fused-ring (bicyclic) bond motifs is 1. The molecule has 32 heavy (non-hydrogen) atoms. The van der Waals surface area contributed by atoms with Crippen molar-refractivity contribution in [2.45, 2.75) is 19.4 Å². The summed E-state index contributed by atoms with van der Waals surface area (Å²) in [5, 5.41) is 2.67. The zero-order valence-electron chi connectivity index (χ0n) is 17.8. The Balaban J connectivity index is 2.01. The Hall–Kier alpha value is -4.14. The standard InChI is InChI=1S/C23H22N2O7/c1-12-19(26)14-10-17(30-2)18(31-3)11-16(14)32-21(12)23(29)25-15(20(27)22(24)28)9-13-7-5-4-6-8-13/h4-8,10-11,15H,9H2,1-3H3,(H2,24,28)(H,25,29)/t15-/m0/s1. The summed E-state index contributed by atoms with van der Waals surface area (Å²) in [5.74, 6) is -2.62. The van der Waals surface area contributed by atoms with E-state index in [4.69, 9.17) is 19.6 Å². The predicted octanol–water partition coefficient (Wildman–Crippen LogP) is 1.51. The van der Waals surface area contributed by atoms with E-state index >= 15 is 0 Å². The molecule has 0 bridgehead atoms. The van der Waals surface area contributed by atoms with E-state index in [1.165, 1.54) is 33.3 Å². The first-order chi connectivity index (χ1) is 15.3. The number of amides is 2. The van der Waals surface area contributed by atoms with Crippen LogP contribution in [-0.2, 0) is 16.0 Å². The molecule has 0 saturated carbocycles. The van der Waals surface area contributed by atoms with Gasteiger partial charge in [0, 0.05) is 18.1 Å². The molecule has 1 atom stereocenters. The molecule has 0 spiro atoms. The Morgan fingerprint density at radius 3 is 2.28 bits per heavy atom. The van der Waals surface area contributed by atoms with Gasteiger partial charge in [-0.2, -0.15) is 0 Å².